The van der Waals surface area contributed by atoms with Crippen LogP contribution in [0.15, 0.2) is 36.9 Å². The number of rotatable bonds is 2. The molecule has 1 aliphatic heterocycles. The minimum atomic E-state index is 1.06. The summed E-state index contributed by atoms with van der Waals surface area (Å²) in [6.07, 6.45) is 7.26. The number of piperidine rings is 1. The molecule has 0 saturated carbocycles. The van der Waals surface area contributed by atoms with Crippen molar-refractivity contribution in [2.24, 2.45) is 0 Å². The van der Waals surface area contributed by atoms with Gasteiger partial charge in [-0.2, -0.15) is 5.10 Å². The maximum Gasteiger partial charge on any atom is 0.138 e. The number of benzene rings is 1. The summed E-state index contributed by atoms with van der Waals surface area (Å²) in [5.74, 6) is 0. The molecule has 17 heavy (non-hydrogen) atoms. The standard InChI is InChI=1S/C13H16N4/c1-2-8-16(9-3-1)12-4-6-13(7-5-12)17-11-14-10-15-17/h4-7,10-11H,1-3,8-9H2. The number of aromatic nitrogens is 3. The summed E-state index contributed by atoms with van der Waals surface area (Å²) in [6.45, 7) is 2.37. The average molecular weight is 228 g/mol. The van der Waals surface area contributed by atoms with Gasteiger partial charge in [-0.15, -0.1) is 0 Å². The maximum atomic E-state index is 4.12. The van der Waals surface area contributed by atoms with E-state index in [-0.39, 0.29) is 0 Å². The fourth-order valence-electron chi connectivity index (χ4n) is 2.31. The van der Waals surface area contributed by atoms with Gasteiger partial charge in [0.1, 0.15) is 12.7 Å². The largest absolute Gasteiger partial charge is 0.372 e. The van der Waals surface area contributed by atoms with Crippen LogP contribution in [0.4, 0.5) is 5.69 Å². The first-order valence-electron chi connectivity index (χ1n) is 6.13. The molecular weight excluding hydrogens is 212 g/mol. The quantitative estimate of drug-likeness (QED) is 0.790. The number of hydrogen-bond acceptors (Lipinski definition) is 3. The fraction of sp³-hybridized carbons (Fsp3) is 0.385. The summed E-state index contributed by atoms with van der Waals surface area (Å²) in [4.78, 5) is 6.41. The van der Waals surface area contributed by atoms with Crippen molar-refractivity contribution in [2.75, 3.05) is 18.0 Å². The molecule has 0 atom stereocenters. The zero-order valence-electron chi connectivity index (χ0n) is 9.79. The summed E-state index contributed by atoms with van der Waals surface area (Å²) < 4.78 is 1.78. The van der Waals surface area contributed by atoms with E-state index in [9.17, 15) is 0 Å². The summed E-state index contributed by atoms with van der Waals surface area (Å²) in [6, 6.07) is 8.53. The van der Waals surface area contributed by atoms with Crippen molar-refractivity contribution in [3.05, 3.63) is 36.9 Å². The summed E-state index contributed by atoms with van der Waals surface area (Å²) in [7, 11) is 0. The molecule has 2 heterocycles. The van der Waals surface area contributed by atoms with E-state index in [2.05, 4.69) is 39.2 Å². The highest BCUT2D eigenvalue weighted by Gasteiger charge is 2.10. The average Bonchev–Trinajstić information content (AvgIpc) is 2.94. The minimum absolute atomic E-state index is 1.06. The normalized spacial score (nSPS) is 16.1. The third kappa shape index (κ3) is 2.16. The van der Waals surface area contributed by atoms with E-state index in [1.54, 1.807) is 17.3 Å². The van der Waals surface area contributed by atoms with Crippen LogP contribution in [0, 0.1) is 0 Å². The second-order valence-corrected chi connectivity index (χ2v) is 4.40. The molecule has 1 fully saturated rings. The third-order valence-corrected chi connectivity index (χ3v) is 3.25. The van der Waals surface area contributed by atoms with Crippen molar-refractivity contribution in [3.8, 4) is 5.69 Å². The van der Waals surface area contributed by atoms with Crippen molar-refractivity contribution in [2.45, 2.75) is 19.3 Å². The number of hydrogen-bond donors (Lipinski definition) is 0. The highest BCUT2D eigenvalue weighted by Crippen LogP contribution is 2.20. The molecule has 3 rings (SSSR count). The first-order valence-corrected chi connectivity index (χ1v) is 6.13. The van der Waals surface area contributed by atoms with Gasteiger partial charge < -0.3 is 4.90 Å². The van der Waals surface area contributed by atoms with Crippen molar-refractivity contribution < 1.29 is 0 Å². The minimum Gasteiger partial charge on any atom is -0.372 e. The molecule has 4 nitrogen and oxygen atoms in total. The molecule has 0 bridgehead atoms. The SMILES string of the molecule is c1ncn(-c2ccc(N3CCCCC3)cc2)n1. The molecule has 1 saturated heterocycles. The monoisotopic (exact) mass is 228 g/mol. The molecule has 0 N–H and O–H groups in total. The number of nitrogens with zero attached hydrogens (tertiary/aromatic N) is 4. The van der Waals surface area contributed by atoms with Crippen LogP contribution in [-0.4, -0.2) is 27.9 Å². The van der Waals surface area contributed by atoms with Gasteiger partial charge in [-0.1, -0.05) is 0 Å². The van der Waals surface area contributed by atoms with Gasteiger partial charge in [0.2, 0.25) is 0 Å². The van der Waals surface area contributed by atoms with E-state index >= 15 is 0 Å². The summed E-state index contributed by atoms with van der Waals surface area (Å²) in [5, 5.41) is 4.12. The molecule has 88 valence electrons. The molecule has 0 aliphatic carbocycles. The zero-order chi connectivity index (χ0) is 11.5. The van der Waals surface area contributed by atoms with Gasteiger partial charge >= 0.3 is 0 Å². The van der Waals surface area contributed by atoms with Crippen LogP contribution in [0.2, 0.25) is 0 Å². The highest BCUT2D eigenvalue weighted by molar-refractivity contribution is 5.50. The van der Waals surface area contributed by atoms with Crippen LogP contribution in [-0.2, 0) is 0 Å². The van der Waals surface area contributed by atoms with Gasteiger partial charge in [0.05, 0.1) is 5.69 Å². The van der Waals surface area contributed by atoms with Gasteiger partial charge in [-0.3, -0.25) is 0 Å². The zero-order valence-corrected chi connectivity index (χ0v) is 9.79. The Kier molecular flexibility index (Phi) is 2.78. The van der Waals surface area contributed by atoms with E-state index in [0.29, 0.717) is 0 Å². The lowest BCUT2D eigenvalue weighted by Gasteiger charge is -2.28. The summed E-state index contributed by atoms with van der Waals surface area (Å²) >= 11 is 0. The van der Waals surface area contributed by atoms with Crippen LogP contribution in [0.1, 0.15) is 19.3 Å². The van der Waals surface area contributed by atoms with Gasteiger partial charge in [-0.25, -0.2) is 9.67 Å². The second-order valence-electron chi connectivity index (χ2n) is 4.40. The fourth-order valence-corrected chi connectivity index (χ4v) is 2.31. The lowest BCUT2D eigenvalue weighted by molar-refractivity contribution is 0.578. The Morgan fingerprint density at radius 1 is 0.882 bits per heavy atom. The molecule has 0 radical (unpaired) electrons. The first-order chi connectivity index (χ1) is 8.43. The predicted octanol–water partition coefficient (Wildman–Crippen LogP) is 2.26. The first kappa shape index (κ1) is 10.3. The van der Waals surface area contributed by atoms with Crippen LogP contribution in [0.3, 0.4) is 0 Å². The molecule has 2 aromatic rings. The Hall–Kier alpha value is -1.84. The molecule has 1 aliphatic rings. The lowest BCUT2D eigenvalue weighted by Crippen LogP contribution is -2.29. The Balaban J connectivity index is 1.80. The topological polar surface area (TPSA) is 34.0 Å². The molecule has 1 aromatic heterocycles. The third-order valence-electron chi connectivity index (χ3n) is 3.25. The van der Waals surface area contributed by atoms with Crippen molar-refractivity contribution in [3.63, 3.8) is 0 Å². The maximum absolute atomic E-state index is 4.12. The Labute approximate surface area is 101 Å². The smallest absolute Gasteiger partial charge is 0.138 e. The molecule has 4 heteroatoms. The predicted molar refractivity (Wildman–Crippen MR) is 67.4 cm³/mol. The van der Waals surface area contributed by atoms with E-state index in [1.807, 2.05) is 0 Å². The molecule has 0 unspecified atom stereocenters. The second kappa shape index (κ2) is 4.57. The Bertz CT molecular complexity index is 455. The summed E-state index contributed by atoms with van der Waals surface area (Å²) in [5.41, 5.74) is 2.37. The molecule has 1 aromatic carbocycles. The van der Waals surface area contributed by atoms with Gasteiger partial charge in [0.15, 0.2) is 0 Å². The van der Waals surface area contributed by atoms with E-state index in [4.69, 9.17) is 0 Å². The van der Waals surface area contributed by atoms with Crippen LogP contribution in [0.25, 0.3) is 5.69 Å². The van der Waals surface area contributed by atoms with E-state index < -0.39 is 0 Å². The van der Waals surface area contributed by atoms with Crippen LogP contribution >= 0.6 is 0 Å². The molecule has 0 spiro atoms. The van der Waals surface area contributed by atoms with E-state index in [0.717, 1.165) is 5.69 Å². The highest BCUT2D eigenvalue weighted by atomic mass is 15.3. The Morgan fingerprint density at radius 3 is 2.24 bits per heavy atom. The van der Waals surface area contributed by atoms with Crippen LogP contribution in [0.5, 0.6) is 0 Å². The van der Waals surface area contributed by atoms with Crippen molar-refractivity contribution in [1.82, 2.24) is 14.8 Å². The van der Waals surface area contributed by atoms with E-state index in [1.165, 1.54) is 38.0 Å². The lowest BCUT2D eigenvalue weighted by atomic mass is 10.1. The van der Waals surface area contributed by atoms with Gasteiger partial charge in [0, 0.05) is 18.8 Å². The molecular formula is C13H16N4. The van der Waals surface area contributed by atoms with Crippen molar-refractivity contribution in [1.29, 1.82) is 0 Å². The van der Waals surface area contributed by atoms with Gasteiger partial charge in [-0.05, 0) is 43.5 Å². The number of anilines is 1. The molecule has 0 amide bonds. The Morgan fingerprint density at radius 2 is 1.59 bits per heavy atom. The van der Waals surface area contributed by atoms with Crippen LogP contribution < -0.4 is 4.90 Å². The van der Waals surface area contributed by atoms with Crippen molar-refractivity contribution >= 4 is 5.69 Å². The van der Waals surface area contributed by atoms with Gasteiger partial charge in [0.25, 0.3) is 0 Å².